The van der Waals surface area contributed by atoms with Crippen molar-refractivity contribution >= 4 is 58.5 Å². The van der Waals surface area contributed by atoms with Crippen LogP contribution in [-0.4, -0.2) is 12.8 Å². The van der Waals surface area contributed by atoms with Crippen molar-refractivity contribution in [2.75, 3.05) is 0 Å². The van der Waals surface area contributed by atoms with Crippen LogP contribution in [0.25, 0.3) is 0 Å². The Kier molecular flexibility index (Phi) is 2.75. The Morgan fingerprint density at radius 3 is 2.56 bits per heavy atom. The van der Waals surface area contributed by atoms with Gasteiger partial charge in [0, 0.05) is 9.77 Å². The van der Waals surface area contributed by atoms with Crippen LogP contribution in [0.15, 0.2) is 12.3 Å². The standard InChI is InChI=1S/C5H4BI2N/c6-3-2-9-5(8)1-4(3)7/h1-2H,6H2. The lowest BCUT2D eigenvalue weighted by molar-refractivity contribution is 1.28. The highest BCUT2D eigenvalue weighted by atomic mass is 127. The summed E-state index contributed by atoms with van der Waals surface area (Å²) in [5.41, 5.74) is 1.25. The minimum absolute atomic E-state index is 1.06. The molecule has 0 amide bonds. The maximum Gasteiger partial charge on any atom is 0.142 e. The van der Waals surface area contributed by atoms with E-state index < -0.39 is 0 Å². The smallest absolute Gasteiger partial charge is 0.142 e. The predicted molar refractivity (Wildman–Crippen MR) is 57.8 cm³/mol. The van der Waals surface area contributed by atoms with E-state index in [-0.39, 0.29) is 0 Å². The van der Waals surface area contributed by atoms with E-state index in [1.165, 1.54) is 9.03 Å². The molecule has 9 heavy (non-hydrogen) atoms. The van der Waals surface area contributed by atoms with Gasteiger partial charge in [-0.1, -0.05) is 5.46 Å². The van der Waals surface area contributed by atoms with Crippen molar-refractivity contribution in [3.63, 3.8) is 0 Å². The van der Waals surface area contributed by atoms with Crippen LogP contribution < -0.4 is 5.46 Å². The fraction of sp³-hybridized carbons (Fsp3) is 0. The summed E-state index contributed by atoms with van der Waals surface area (Å²) in [6.45, 7) is 0. The number of rotatable bonds is 0. The molecule has 0 bridgehead atoms. The summed E-state index contributed by atoms with van der Waals surface area (Å²) < 4.78 is 2.34. The summed E-state index contributed by atoms with van der Waals surface area (Å²) in [5, 5.41) is 0. The summed E-state index contributed by atoms with van der Waals surface area (Å²) in [4.78, 5) is 4.12. The highest BCUT2D eigenvalue weighted by Crippen LogP contribution is 2.03. The molecule has 0 radical (unpaired) electrons. The molecule has 0 aliphatic rings. The molecule has 1 heterocycles. The summed E-state index contributed by atoms with van der Waals surface area (Å²) >= 11 is 4.51. The Hall–Kier alpha value is 0.675. The molecule has 0 unspecified atom stereocenters. The van der Waals surface area contributed by atoms with Crippen molar-refractivity contribution < 1.29 is 0 Å². The van der Waals surface area contributed by atoms with E-state index in [0.29, 0.717) is 0 Å². The molecule has 1 rings (SSSR count). The van der Waals surface area contributed by atoms with Crippen LogP contribution in [0.1, 0.15) is 0 Å². The third-order valence-electron chi connectivity index (χ3n) is 1.00. The van der Waals surface area contributed by atoms with Crippen LogP contribution >= 0.6 is 45.2 Å². The quantitative estimate of drug-likeness (QED) is 0.381. The average molecular weight is 343 g/mol. The number of nitrogens with zero attached hydrogens (tertiary/aromatic N) is 1. The highest BCUT2D eigenvalue weighted by molar-refractivity contribution is 14.1. The van der Waals surface area contributed by atoms with Gasteiger partial charge in [-0.15, -0.1) is 0 Å². The Balaban J connectivity index is 3.17. The number of pyridine rings is 1. The molecule has 1 aromatic rings. The largest absolute Gasteiger partial charge is 0.251 e. The first-order valence-corrected chi connectivity index (χ1v) is 4.63. The van der Waals surface area contributed by atoms with Crippen LogP contribution in [0, 0.1) is 7.27 Å². The van der Waals surface area contributed by atoms with Gasteiger partial charge >= 0.3 is 0 Å². The maximum absolute atomic E-state index is 4.12. The first-order chi connectivity index (χ1) is 4.20. The Morgan fingerprint density at radius 2 is 2.11 bits per heavy atom. The SMILES string of the molecule is Bc1cnc(I)cc1I. The first-order valence-electron chi connectivity index (χ1n) is 2.48. The Bertz CT molecular complexity index is 226. The van der Waals surface area contributed by atoms with Gasteiger partial charge in [0.1, 0.15) is 11.5 Å². The van der Waals surface area contributed by atoms with Crippen LogP contribution in [0.2, 0.25) is 0 Å². The van der Waals surface area contributed by atoms with Gasteiger partial charge in [0.05, 0.1) is 0 Å². The van der Waals surface area contributed by atoms with Gasteiger partial charge in [0.2, 0.25) is 0 Å². The highest BCUT2D eigenvalue weighted by Gasteiger charge is 1.93. The van der Waals surface area contributed by atoms with E-state index in [4.69, 9.17) is 0 Å². The van der Waals surface area contributed by atoms with Crippen LogP contribution in [0.3, 0.4) is 0 Å². The molecule has 1 aromatic heterocycles. The lowest BCUT2D eigenvalue weighted by atomic mass is 9.99. The van der Waals surface area contributed by atoms with Crippen molar-refractivity contribution in [3.05, 3.63) is 19.5 Å². The van der Waals surface area contributed by atoms with Crippen molar-refractivity contribution in [1.82, 2.24) is 4.98 Å². The summed E-state index contributed by atoms with van der Waals surface area (Å²) in [6, 6.07) is 2.07. The van der Waals surface area contributed by atoms with E-state index in [1.807, 2.05) is 6.20 Å². The molecule has 4 heteroatoms. The van der Waals surface area contributed by atoms with Crippen molar-refractivity contribution in [2.45, 2.75) is 0 Å². The normalized spacial score (nSPS) is 9.56. The third kappa shape index (κ3) is 2.07. The van der Waals surface area contributed by atoms with Crippen LogP contribution in [-0.2, 0) is 0 Å². The summed E-state index contributed by atoms with van der Waals surface area (Å²) in [5.74, 6) is 0. The predicted octanol–water partition coefficient (Wildman–Crippen LogP) is 0.549. The molecule has 0 N–H and O–H groups in total. The number of hydrogen-bond donors (Lipinski definition) is 0. The molecule has 0 fully saturated rings. The summed E-state index contributed by atoms with van der Waals surface area (Å²) in [7, 11) is 2.06. The second kappa shape index (κ2) is 3.18. The second-order valence-electron chi connectivity index (χ2n) is 1.76. The molecule has 1 nitrogen and oxygen atoms in total. The zero-order valence-corrected chi connectivity index (χ0v) is 9.17. The number of aromatic nitrogens is 1. The van der Waals surface area contributed by atoms with E-state index in [2.05, 4.69) is 64.1 Å². The van der Waals surface area contributed by atoms with E-state index >= 15 is 0 Å². The molecule has 0 atom stereocenters. The van der Waals surface area contributed by atoms with Gasteiger partial charge in [-0.3, -0.25) is 4.98 Å². The topological polar surface area (TPSA) is 12.9 Å². The van der Waals surface area contributed by atoms with Gasteiger partial charge < -0.3 is 0 Å². The van der Waals surface area contributed by atoms with Gasteiger partial charge in [0.15, 0.2) is 0 Å². The number of hydrogen-bond acceptors (Lipinski definition) is 1. The zero-order valence-electron chi connectivity index (χ0n) is 4.86. The van der Waals surface area contributed by atoms with Gasteiger partial charge in [-0.25, -0.2) is 0 Å². The van der Waals surface area contributed by atoms with Crippen LogP contribution in [0.4, 0.5) is 0 Å². The zero-order chi connectivity index (χ0) is 6.85. The first kappa shape index (κ1) is 7.78. The second-order valence-corrected chi connectivity index (χ2v) is 4.02. The fourth-order valence-corrected chi connectivity index (χ4v) is 1.96. The molecule has 0 spiro atoms. The summed E-state index contributed by atoms with van der Waals surface area (Å²) in [6.07, 6.45) is 1.89. The minimum atomic E-state index is 1.06. The Labute approximate surface area is 82.3 Å². The van der Waals surface area contributed by atoms with E-state index in [1.54, 1.807) is 0 Å². The molecular formula is C5H4BI2N. The Morgan fingerprint density at radius 1 is 1.44 bits per heavy atom. The molecule has 0 aliphatic heterocycles. The fourth-order valence-electron chi connectivity index (χ4n) is 0.476. The van der Waals surface area contributed by atoms with Gasteiger partial charge in [-0.2, -0.15) is 0 Å². The molecule has 0 aliphatic carbocycles. The molecule has 0 aromatic carbocycles. The third-order valence-corrected chi connectivity index (χ3v) is 2.76. The molecule has 0 saturated carbocycles. The van der Waals surface area contributed by atoms with Crippen LogP contribution in [0.5, 0.6) is 0 Å². The molecule has 46 valence electrons. The average Bonchev–Trinajstić information content (AvgIpc) is 1.80. The minimum Gasteiger partial charge on any atom is -0.251 e. The number of halogens is 2. The maximum atomic E-state index is 4.12. The molecular weight excluding hydrogens is 339 g/mol. The van der Waals surface area contributed by atoms with E-state index in [9.17, 15) is 0 Å². The van der Waals surface area contributed by atoms with Gasteiger partial charge in [-0.05, 0) is 51.2 Å². The lowest BCUT2D eigenvalue weighted by Gasteiger charge is -1.94. The van der Waals surface area contributed by atoms with Crippen molar-refractivity contribution in [2.24, 2.45) is 0 Å². The van der Waals surface area contributed by atoms with Gasteiger partial charge in [0.25, 0.3) is 0 Å². The van der Waals surface area contributed by atoms with Crippen molar-refractivity contribution in [3.8, 4) is 0 Å². The van der Waals surface area contributed by atoms with E-state index in [0.717, 1.165) is 3.70 Å². The molecule has 0 saturated heterocycles. The van der Waals surface area contributed by atoms with Crippen molar-refractivity contribution in [1.29, 1.82) is 0 Å². The monoisotopic (exact) mass is 343 g/mol. The lowest BCUT2D eigenvalue weighted by Crippen LogP contribution is -2.08.